The number of rotatable bonds is 1. The van der Waals surface area contributed by atoms with Crippen LogP contribution in [0.15, 0.2) is 30.3 Å². The first kappa shape index (κ1) is 16.2. The highest BCUT2D eigenvalue weighted by atomic mass is 16.2. The first-order valence-corrected chi connectivity index (χ1v) is 6.74. The Labute approximate surface area is 121 Å². The van der Waals surface area contributed by atoms with Crippen LogP contribution in [0, 0.1) is 5.41 Å². The predicted molar refractivity (Wildman–Crippen MR) is 80.0 cm³/mol. The van der Waals surface area contributed by atoms with E-state index >= 15 is 0 Å². The molecule has 1 aromatic carbocycles. The van der Waals surface area contributed by atoms with Crippen LogP contribution in [0.25, 0.3) is 0 Å². The maximum Gasteiger partial charge on any atom is 0.269 e. The topological polar surface area (TPSA) is 49.4 Å². The van der Waals surface area contributed by atoms with Crippen molar-refractivity contribution in [2.75, 3.05) is 0 Å². The van der Waals surface area contributed by atoms with Gasteiger partial charge in [0.15, 0.2) is 0 Å². The highest BCUT2D eigenvalue weighted by Crippen LogP contribution is 2.22. The minimum Gasteiger partial charge on any atom is -0.272 e. The zero-order valence-electron chi connectivity index (χ0n) is 13.2. The van der Waals surface area contributed by atoms with Gasteiger partial charge in [0.2, 0.25) is 5.91 Å². The molecule has 4 heteroatoms. The van der Waals surface area contributed by atoms with Crippen molar-refractivity contribution in [3.8, 4) is 0 Å². The maximum absolute atomic E-state index is 12.5. The fourth-order valence-electron chi connectivity index (χ4n) is 1.61. The van der Waals surface area contributed by atoms with Crippen molar-refractivity contribution in [1.82, 2.24) is 10.4 Å². The molecule has 0 saturated heterocycles. The number of amides is 2. The van der Waals surface area contributed by atoms with E-state index in [1.54, 1.807) is 24.3 Å². The van der Waals surface area contributed by atoms with E-state index in [2.05, 4.69) is 5.43 Å². The van der Waals surface area contributed by atoms with Gasteiger partial charge in [-0.2, -0.15) is 0 Å². The van der Waals surface area contributed by atoms with Gasteiger partial charge < -0.3 is 0 Å². The molecule has 0 spiro atoms. The molecule has 0 saturated carbocycles. The van der Waals surface area contributed by atoms with Gasteiger partial charge in [-0.05, 0) is 32.9 Å². The van der Waals surface area contributed by atoms with Crippen molar-refractivity contribution in [3.63, 3.8) is 0 Å². The Balaban J connectivity index is 2.98. The molecule has 1 rings (SSSR count). The number of hydrogen-bond acceptors (Lipinski definition) is 2. The van der Waals surface area contributed by atoms with Gasteiger partial charge >= 0.3 is 0 Å². The second-order valence-electron chi connectivity index (χ2n) is 6.87. The van der Waals surface area contributed by atoms with Gasteiger partial charge in [0.05, 0.1) is 5.54 Å². The van der Waals surface area contributed by atoms with Gasteiger partial charge in [-0.25, -0.2) is 5.01 Å². The Bertz CT molecular complexity index is 481. The molecule has 0 aliphatic rings. The summed E-state index contributed by atoms with van der Waals surface area (Å²) in [5.41, 5.74) is 2.21. The molecule has 0 bridgehead atoms. The lowest BCUT2D eigenvalue weighted by molar-refractivity contribution is -0.148. The van der Waals surface area contributed by atoms with E-state index in [1.807, 2.05) is 47.6 Å². The lowest BCUT2D eigenvalue weighted by atomic mass is 9.93. The summed E-state index contributed by atoms with van der Waals surface area (Å²) in [7, 11) is 0. The summed E-state index contributed by atoms with van der Waals surface area (Å²) in [5.74, 6) is -0.396. The molecule has 0 heterocycles. The van der Waals surface area contributed by atoms with E-state index in [0.29, 0.717) is 5.56 Å². The molecule has 110 valence electrons. The molecule has 0 aliphatic carbocycles. The van der Waals surface area contributed by atoms with Crippen molar-refractivity contribution >= 4 is 11.8 Å². The fraction of sp³-hybridized carbons (Fsp3) is 0.500. The first-order valence-electron chi connectivity index (χ1n) is 6.74. The van der Waals surface area contributed by atoms with Gasteiger partial charge in [0.1, 0.15) is 0 Å². The molecule has 4 nitrogen and oxygen atoms in total. The Kier molecular flexibility index (Phi) is 4.58. The molecule has 0 aromatic heterocycles. The molecule has 0 unspecified atom stereocenters. The number of benzene rings is 1. The molecule has 0 fully saturated rings. The average Bonchev–Trinajstić information content (AvgIpc) is 2.33. The normalized spacial score (nSPS) is 11.9. The minimum absolute atomic E-state index is 0.116. The van der Waals surface area contributed by atoms with Crippen LogP contribution in [0.2, 0.25) is 0 Å². The Morgan fingerprint density at radius 2 is 1.45 bits per heavy atom. The number of carbonyl (C=O) groups excluding carboxylic acids is 2. The van der Waals surface area contributed by atoms with E-state index in [0.717, 1.165) is 0 Å². The van der Waals surface area contributed by atoms with Crippen LogP contribution in [-0.4, -0.2) is 22.4 Å². The van der Waals surface area contributed by atoms with Gasteiger partial charge in [-0.15, -0.1) is 0 Å². The summed E-state index contributed by atoms with van der Waals surface area (Å²) in [6.45, 7) is 11.2. The van der Waals surface area contributed by atoms with Crippen LogP contribution in [0.4, 0.5) is 0 Å². The van der Waals surface area contributed by atoms with Crippen LogP contribution in [0.3, 0.4) is 0 Å². The Hall–Kier alpha value is -1.84. The van der Waals surface area contributed by atoms with E-state index in [9.17, 15) is 9.59 Å². The van der Waals surface area contributed by atoms with Crippen LogP contribution in [-0.2, 0) is 4.79 Å². The summed E-state index contributed by atoms with van der Waals surface area (Å²) in [5, 5.41) is 1.42. The second kappa shape index (κ2) is 5.65. The third-order valence-corrected chi connectivity index (χ3v) is 2.76. The second-order valence-corrected chi connectivity index (χ2v) is 6.87. The Morgan fingerprint density at radius 1 is 0.950 bits per heavy atom. The molecule has 0 aliphatic heterocycles. The lowest BCUT2D eigenvalue weighted by Crippen LogP contribution is -2.58. The molecule has 20 heavy (non-hydrogen) atoms. The maximum atomic E-state index is 12.5. The highest BCUT2D eigenvalue weighted by Gasteiger charge is 2.35. The summed E-state index contributed by atoms with van der Waals surface area (Å²) in [6, 6.07) is 8.87. The zero-order chi connectivity index (χ0) is 15.6. The van der Waals surface area contributed by atoms with Crippen molar-refractivity contribution < 1.29 is 9.59 Å². The van der Waals surface area contributed by atoms with Crippen LogP contribution >= 0.6 is 0 Å². The molecule has 0 radical (unpaired) electrons. The van der Waals surface area contributed by atoms with Crippen LogP contribution < -0.4 is 5.43 Å². The monoisotopic (exact) mass is 276 g/mol. The SMILES string of the molecule is CC(C)(C)C(=O)N(NC(=O)c1ccccc1)C(C)(C)C. The number of hydrazine groups is 1. The van der Waals surface area contributed by atoms with Crippen LogP contribution in [0.5, 0.6) is 0 Å². The third kappa shape index (κ3) is 4.08. The highest BCUT2D eigenvalue weighted by molar-refractivity contribution is 5.96. The zero-order valence-corrected chi connectivity index (χ0v) is 13.2. The largest absolute Gasteiger partial charge is 0.272 e. The fourth-order valence-corrected chi connectivity index (χ4v) is 1.61. The van der Waals surface area contributed by atoms with Crippen molar-refractivity contribution in [2.45, 2.75) is 47.1 Å². The lowest BCUT2D eigenvalue weighted by Gasteiger charge is -2.39. The Morgan fingerprint density at radius 3 is 1.85 bits per heavy atom. The quantitative estimate of drug-likeness (QED) is 0.802. The summed E-state index contributed by atoms with van der Waals surface area (Å²) in [4.78, 5) is 24.7. The van der Waals surface area contributed by atoms with Crippen molar-refractivity contribution in [2.24, 2.45) is 5.41 Å². The number of hydrogen-bond donors (Lipinski definition) is 1. The summed E-state index contributed by atoms with van der Waals surface area (Å²) in [6.07, 6.45) is 0. The van der Waals surface area contributed by atoms with Crippen molar-refractivity contribution in [3.05, 3.63) is 35.9 Å². The number of nitrogens with one attached hydrogen (secondary N) is 1. The molecule has 1 aromatic rings. The standard InChI is InChI=1S/C16H24N2O2/c1-15(2,3)14(20)18(16(4,5)6)17-13(19)12-10-8-7-9-11-12/h7-11H,1-6H3,(H,17,19). The number of carbonyl (C=O) groups is 2. The predicted octanol–water partition coefficient (Wildman–Crippen LogP) is 3.00. The molecule has 2 amide bonds. The minimum atomic E-state index is -0.558. The van der Waals surface area contributed by atoms with E-state index < -0.39 is 11.0 Å². The summed E-state index contributed by atoms with van der Waals surface area (Å²) < 4.78 is 0. The third-order valence-electron chi connectivity index (χ3n) is 2.76. The smallest absolute Gasteiger partial charge is 0.269 e. The van der Waals surface area contributed by atoms with Gasteiger partial charge in [0.25, 0.3) is 5.91 Å². The van der Waals surface area contributed by atoms with Crippen LogP contribution in [0.1, 0.15) is 51.9 Å². The van der Waals surface area contributed by atoms with E-state index in [4.69, 9.17) is 0 Å². The molecule has 0 atom stereocenters. The molecular formula is C16H24N2O2. The number of nitrogens with zero attached hydrogens (tertiary/aromatic N) is 1. The first-order chi connectivity index (χ1) is 9.03. The summed E-state index contributed by atoms with van der Waals surface area (Å²) >= 11 is 0. The van der Waals surface area contributed by atoms with Crippen molar-refractivity contribution in [1.29, 1.82) is 0 Å². The molecular weight excluding hydrogens is 252 g/mol. The van der Waals surface area contributed by atoms with E-state index in [1.165, 1.54) is 5.01 Å². The van der Waals surface area contributed by atoms with Gasteiger partial charge in [-0.3, -0.25) is 15.0 Å². The van der Waals surface area contributed by atoms with Gasteiger partial charge in [-0.1, -0.05) is 39.0 Å². The van der Waals surface area contributed by atoms with Gasteiger partial charge in [0, 0.05) is 11.0 Å². The van der Waals surface area contributed by atoms with E-state index in [-0.39, 0.29) is 11.8 Å². The average molecular weight is 276 g/mol. The molecule has 1 N–H and O–H groups in total.